The molecule has 2 aromatic rings. The minimum atomic E-state index is -0.556. The summed E-state index contributed by atoms with van der Waals surface area (Å²) in [6, 6.07) is 15.0. The summed E-state index contributed by atoms with van der Waals surface area (Å²) in [5, 5.41) is 2.66. The van der Waals surface area contributed by atoms with E-state index in [0.717, 1.165) is 16.7 Å². The number of benzene rings is 2. The molecular weight excluding hydrogens is 392 g/mol. The van der Waals surface area contributed by atoms with Gasteiger partial charge in [-0.1, -0.05) is 48.5 Å². The van der Waals surface area contributed by atoms with E-state index in [9.17, 15) is 14.4 Å². The van der Waals surface area contributed by atoms with Gasteiger partial charge in [-0.3, -0.25) is 9.59 Å². The summed E-state index contributed by atoms with van der Waals surface area (Å²) in [7, 11) is 0. The fourth-order valence-electron chi connectivity index (χ4n) is 3.75. The largest absolute Gasteiger partial charge is 0.444 e. The minimum Gasteiger partial charge on any atom is -0.444 e. The lowest BCUT2D eigenvalue weighted by atomic mass is 9.87. The molecule has 2 aliphatic carbocycles. The second kappa shape index (κ2) is 9.43. The predicted molar refractivity (Wildman–Crippen MR) is 119 cm³/mol. The highest BCUT2D eigenvalue weighted by atomic mass is 16.6. The van der Waals surface area contributed by atoms with Gasteiger partial charge in [-0.05, 0) is 49.4 Å². The molecule has 1 amide bonds. The molecule has 0 saturated heterocycles. The molecule has 2 atom stereocenters. The molecule has 0 spiro atoms. The van der Waals surface area contributed by atoms with Crippen molar-refractivity contribution < 1.29 is 19.1 Å². The first kappa shape index (κ1) is 22.7. The second-order valence-electron chi connectivity index (χ2n) is 9.04. The van der Waals surface area contributed by atoms with Gasteiger partial charge in [-0.15, -0.1) is 0 Å². The Balaban J connectivity index is 0.000000194. The lowest BCUT2D eigenvalue weighted by Gasteiger charge is -2.26. The van der Waals surface area contributed by atoms with Gasteiger partial charge in [0, 0.05) is 19.3 Å². The molecule has 0 bridgehead atoms. The van der Waals surface area contributed by atoms with E-state index in [-0.39, 0.29) is 17.6 Å². The van der Waals surface area contributed by atoms with Crippen LogP contribution in [0.15, 0.2) is 48.5 Å². The lowest BCUT2D eigenvalue weighted by molar-refractivity contribution is -0.121. The van der Waals surface area contributed by atoms with Crippen molar-refractivity contribution in [3.8, 4) is 0 Å². The quantitative estimate of drug-likeness (QED) is 0.736. The van der Waals surface area contributed by atoms with Gasteiger partial charge in [-0.2, -0.15) is 0 Å². The highest BCUT2D eigenvalue weighted by Gasteiger charge is 2.29. The Bertz CT molecular complexity index is 977. The van der Waals surface area contributed by atoms with E-state index >= 15 is 0 Å². The molecule has 2 aromatic carbocycles. The molecule has 0 fully saturated rings. The van der Waals surface area contributed by atoms with Crippen molar-refractivity contribution in [2.24, 2.45) is 5.73 Å². The molecule has 4 rings (SSSR count). The Morgan fingerprint density at radius 3 is 1.90 bits per heavy atom. The van der Waals surface area contributed by atoms with Crippen LogP contribution in [0.4, 0.5) is 4.79 Å². The monoisotopic (exact) mass is 422 g/mol. The molecular formula is C25H30N2O4. The number of hydrogen-bond donors (Lipinski definition) is 2. The van der Waals surface area contributed by atoms with Crippen molar-refractivity contribution in [3.63, 3.8) is 0 Å². The number of ketones is 2. The zero-order valence-corrected chi connectivity index (χ0v) is 18.3. The van der Waals surface area contributed by atoms with Gasteiger partial charge in [0.1, 0.15) is 5.60 Å². The van der Waals surface area contributed by atoms with E-state index in [1.165, 1.54) is 5.56 Å². The number of ether oxygens (including phenoxy) is 1. The van der Waals surface area contributed by atoms with Crippen LogP contribution in [0.3, 0.4) is 0 Å². The van der Waals surface area contributed by atoms with Gasteiger partial charge >= 0.3 is 6.09 Å². The first-order valence-electron chi connectivity index (χ1n) is 10.6. The lowest BCUT2D eigenvalue weighted by Crippen LogP contribution is -2.47. The number of carbonyl (C=O) groups is 3. The summed E-state index contributed by atoms with van der Waals surface area (Å²) in [5.41, 5.74) is 9.62. The molecule has 164 valence electrons. The minimum absolute atomic E-state index is 0.0320. The fourth-order valence-corrected chi connectivity index (χ4v) is 3.75. The summed E-state index contributed by atoms with van der Waals surface area (Å²) in [4.78, 5) is 34.9. The molecule has 31 heavy (non-hydrogen) atoms. The van der Waals surface area contributed by atoms with Crippen molar-refractivity contribution in [1.82, 2.24) is 5.32 Å². The maximum Gasteiger partial charge on any atom is 0.408 e. The zero-order chi connectivity index (χ0) is 22.6. The Kier molecular flexibility index (Phi) is 6.91. The number of carbonyl (C=O) groups excluding carboxylic acids is 3. The highest BCUT2D eigenvalue weighted by molar-refractivity contribution is 5.91. The number of hydrogen-bond acceptors (Lipinski definition) is 5. The first-order chi connectivity index (χ1) is 14.6. The number of fused-ring (bicyclic) bond motifs is 2. The average Bonchev–Trinajstić information content (AvgIpc) is 2.68. The summed E-state index contributed by atoms with van der Waals surface area (Å²) >= 11 is 0. The highest BCUT2D eigenvalue weighted by Crippen LogP contribution is 2.20. The van der Waals surface area contributed by atoms with Gasteiger partial charge in [-0.25, -0.2) is 4.79 Å². The molecule has 2 aliphatic rings. The molecule has 0 aromatic heterocycles. The third-order valence-corrected chi connectivity index (χ3v) is 5.32. The normalized spacial score (nSPS) is 20.0. The van der Waals surface area contributed by atoms with Crippen molar-refractivity contribution >= 4 is 17.7 Å². The SMILES string of the molecule is CC(C)(C)OC(=O)NC1Cc2ccccc2CC1=O.NC1Cc2ccccc2CC1=O. The van der Waals surface area contributed by atoms with E-state index in [1.807, 2.05) is 48.5 Å². The number of nitrogens with one attached hydrogen (secondary N) is 1. The van der Waals surface area contributed by atoms with Crippen LogP contribution in [-0.4, -0.2) is 35.3 Å². The first-order valence-corrected chi connectivity index (χ1v) is 10.6. The predicted octanol–water partition coefficient (Wildman–Crippen LogP) is 2.93. The third-order valence-electron chi connectivity index (χ3n) is 5.32. The maximum atomic E-state index is 12.0. The van der Waals surface area contributed by atoms with E-state index in [4.69, 9.17) is 10.5 Å². The topological polar surface area (TPSA) is 98.5 Å². The van der Waals surface area contributed by atoms with Crippen LogP contribution in [0.25, 0.3) is 0 Å². The van der Waals surface area contributed by atoms with Gasteiger partial charge in [0.05, 0.1) is 12.1 Å². The molecule has 6 heteroatoms. The van der Waals surface area contributed by atoms with Crippen molar-refractivity contribution in [1.29, 1.82) is 0 Å². The van der Waals surface area contributed by atoms with E-state index in [2.05, 4.69) is 5.32 Å². The van der Waals surface area contributed by atoms with Gasteiger partial charge in [0.15, 0.2) is 11.6 Å². The fraction of sp³-hybridized carbons (Fsp3) is 0.400. The van der Waals surface area contributed by atoms with Gasteiger partial charge < -0.3 is 15.8 Å². The number of nitrogens with two attached hydrogens (primary N) is 1. The van der Waals surface area contributed by atoms with Crippen molar-refractivity contribution in [3.05, 3.63) is 70.8 Å². The van der Waals surface area contributed by atoms with Crippen LogP contribution in [0.2, 0.25) is 0 Å². The molecule has 2 unspecified atom stereocenters. The Morgan fingerprint density at radius 1 is 0.871 bits per heavy atom. The smallest absolute Gasteiger partial charge is 0.408 e. The van der Waals surface area contributed by atoms with Crippen LogP contribution < -0.4 is 11.1 Å². The number of amides is 1. The molecule has 0 radical (unpaired) electrons. The van der Waals surface area contributed by atoms with Gasteiger partial charge in [0.2, 0.25) is 0 Å². The van der Waals surface area contributed by atoms with Crippen LogP contribution >= 0.6 is 0 Å². The summed E-state index contributed by atoms with van der Waals surface area (Å²) in [6.07, 6.45) is 1.59. The van der Waals surface area contributed by atoms with E-state index < -0.39 is 17.7 Å². The molecule has 0 heterocycles. The number of Topliss-reactive ketones (excluding diaryl/α,β-unsaturated/α-hetero) is 2. The molecule has 6 nitrogen and oxygen atoms in total. The second-order valence-corrected chi connectivity index (χ2v) is 9.04. The van der Waals surface area contributed by atoms with Crippen LogP contribution in [0.1, 0.15) is 43.0 Å². The van der Waals surface area contributed by atoms with Crippen LogP contribution in [-0.2, 0) is 40.0 Å². The molecule has 3 N–H and O–H groups in total. The third kappa shape index (κ3) is 6.25. The van der Waals surface area contributed by atoms with E-state index in [1.54, 1.807) is 20.8 Å². The van der Waals surface area contributed by atoms with E-state index in [0.29, 0.717) is 25.7 Å². The Labute approximate surface area is 183 Å². The summed E-state index contributed by atoms with van der Waals surface area (Å²) in [6.45, 7) is 5.39. The zero-order valence-electron chi connectivity index (χ0n) is 18.3. The Morgan fingerprint density at radius 2 is 1.35 bits per heavy atom. The Hall–Kier alpha value is -2.99. The summed E-state index contributed by atoms with van der Waals surface area (Å²) < 4.78 is 5.17. The van der Waals surface area contributed by atoms with Crippen LogP contribution in [0, 0.1) is 0 Å². The maximum absolute atomic E-state index is 12.0. The number of rotatable bonds is 1. The van der Waals surface area contributed by atoms with Crippen LogP contribution in [0.5, 0.6) is 0 Å². The molecule has 0 saturated carbocycles. The van der Waals surface area contributed by atoms with Crippen molar-refractivity contribution in [2.75, 3.05) is 0 Å². The molecule has 0 aliphatic heterocycles. The van der Waals surface area contributed by atoms with Crippen molar-refractivity contribution in [2.45, 2.75) is 64.1 Å². The number of alkyl carbamates (subject to hydrolysis) is 1. The summed E-state index contributed by atoms with van der Waals surface area (Å²) in [5.74, 6) is 0.193. The van der Waals surface area contributed by atoms with Gasteiger partial charge in [0.25, 0.3) is 0 Å². The average molecular weight is 423 g/mol. The standard InChI is InChI=1S/C15H19NO3.C10H11NO/c1-15(2,3)19-14(18)16-12-8-10-6-4-5-7-11(10)9-13(12)17;11-9-5-7-3-1-2-4-8(7)6-10(9)12/h4-7,12H,8-9H2,1-3H3,(H,16,18);1-4,9H,5-6,11H2.